The number of carboxylic acid groups (broad SMARTS) is 1. The van der Waals surface area contributed by atoms with Crippen LogP contribution in [0.4, 0.5) is 0 Å². The van der Waals surface area contributed by atoms with E-state index in [0.29, 0.717) is 0 Å². The Labute approximate surface area is 134 Å². The zero-order valence-electron chi connectivity index (χ0n) is 13.3. The van der Waals surface area contributed by atoms with Crippen LogP contribution < -0.4 is 5.32 Å². The number of carbonyl (C=O) groups excluding carboxylic acids is 1. The van der Waals surface area contributed by atoms with Gasteiger partial charge in [0.25, 0.3) is 5.91 Å². The van der Waals surface area contributed by atoms with E-state index >= 15 is 0 Å². The van der Waals surface area contributed by atoms with E-state index in [9.17, 15) is 9.59 Å². The molecule has 1 aromatic heterocycles. The fourth-order valence-electron chi connectivity index (χ4n) is 2.31. The van der Waals surface area contributed by atoms with Gasteiger partial charge in [-0.1, -0.05) is 38.1 Å². The zero-order valence-corrected chi connectivity index (χ0v) is 13.3. The smallest absolute Gasteiger partial charge is 0.356 e. The van der Waals surface area contributed by atoms with Gasteiger partial charge < -0.3 is 10.4 Å². The van der Waals surface area contributed by atoms with Crippen molar-refractivity contribution >= 4 is 11.9 Å². The van der Waals surface area contributed by atoms with Crippen LogP contribution in [-0.2, 0) is 0 Å². The molecule has 0 aliphatic rings. The molecule has 0 radical (unpaired) electrons. The summed E-state index contributed by atoms with van der Waals surface area (Å²) in [6.45, 7) is 6.05. The second-order valence-electron chi connectivity index (χ2n) is 5.64. The number of amides is 1. The molecule has 2 aromatic rings. The van der Waals surface area contributed by atoms with Crippen LogP contribution in [0.5, 0.6) is 0 Å². The molecule has 2 N–H and O–H groups in total. The molecule has 0 fully saturated rings. The van der Waals surface area contributed by atoms with Crippen LogP contribution in [0, 0.1) is 12.8 Å². The minimum atomic E-state index is -1.18. The molecule has 1 atom stereocenters. The number of aryl methyl sites for hydroxylation is 1. The largest absolute Gasteiger partial charge is 0.476 e. The van der Waals surface area contributed by atoms with E-state index in [2.05, 4.69) is 15.3 Å². The molecule has 0 spiro atoms. The van der Waals surface area contributed by atoms with Crippen LogP contribution in [0.1, 0.15) is 52.0 Å². The lowest BCUT2D eigenvalue weighted by atomic mass is 9.92. The number of aromatic carboxylic acids is 1. The lowest BCUT2D eigenvalue weighted by Gasteiger charge is -2.24. The van der Waals surface area contributed by atoms with E-state index in [1.165, 1.54) is 6.20 Å². The second kappa shape index (κ2) is 7.00. The van der Waals surface area contributed by atoms with E-state index in [1.807, 2.05) is 45.0 Å². The molecule has 0 aliphatic heterocycles. The highest BCUT2D eigenvalue weighted by molar-refractivity contribution is 5.93. The Hall–Kier alpha value is -2.76. The van der Waals surface area contributed by atoms with E-state index in [-0.39, 0.29) is 29.3 Å². The van der Waals surface area contributed by atoms with Crippen molar-refractivity contribution in [3.63, 3.8) is 0 Å². The van der Waals surface area contributed by atoms with E-state index in [4.69, 9.17) is 5.11 Å². The highest BCUT2D eigenvalue weighted by atomic mass is 16.4. The SMILES string of the molecule is Cc1ccccc1C(NC(=O)c1cnc(C(=O)O)cn1)C(C)C. The minimum Gasteiger partial charge on any atom is -0.476 e. The molecule has 1 heterocycles. The molecule has 1 aromatic carbocycles. The van der Waals surface area contributed by atoms with E-state index < -0.39 is 5.97 Å². The first-order valence-corrected chi connectivity index (χ1v) is 7.32. The quantitative estimate of drug-likeness (QED) is 0.885. The first-order chi connectivity index (χ1) is 10.9. The molecule has 0 aliphatic carbocycles. The predicted octanol–water partition coefficient (Wildman–Crippen LogP) is 2.61. The lowest BCUT2D eigenvalue weighted by Crippen LogP contribution is -2.33. The van der Waals surface area contributed by atoms with Crippen molar-refractivity contribution in [1.29, 1.82) is 0 Å². The number of nitrogens with zero attached hydrogens (tertiary/aromatic N) is 2. The number of aromatic nitrogens is 2. The van der Waals surface area contributed by atoms with Gasteiger partial charge in [0, 0.05) is 0 Å². The van der Waals surface area contributed by atoms with Gasteiger partial charge in [0.05, 0.1) is 18.4 Å². The third-order valence-corrected chi connectivity index (χ3v) is 3.58. The van der Waals surface area contributed by atoms with Gasteiger partial charge in [-0.3, -0.25) is 4.79 Å². The minimum absolute atomic E-state index is 0.0919. The molecule has 0 bridgehead atoms. The average Bonchev–Trinajstić information content (AvgIpc) is 2.53. The third-order valence-electron chi connectivity index (χ3n) is 3.58. The van der Waals surface area contributed by atoms with E-state index in [1.54, 1.807) is 0 Å². The van der Waals surface area contributed by atoms with Gasteiger partial charge in [0.2, 0.25) is 0 Å². The van der Waals surface area contributed by atoms with Gasteiger partial charge in [-0.05, 0) is 24.0 Å². The summed E-state index contributed by atoms with van der Waals surface area (Å²) >= 11 is 0. The molecule has 120 valence electrons. The monoisotopic (exact) mass is 313 g/mol. The number of benzene rings is 1. The summed E-state index contributed by atoms with van der Waals surface area (Å²) in [5, 5.41) is 11.8. The van der Waals surface area contributed by atoms with Gasteiger partial charge in [0.15, 0.2) is 5.69 Å². The van der Waals surface area contributed by atoms with Gasteiger partial charge in [-0.25, -0.2) is 14.8 Å². The van der Waals surface area contributed by atoms with E-state index in [0.717, 1.165) is 17.3 Å². The standard InChI is InChI=1S/C17H19N3O3/c1-10(2)15(12-7-5-4-6-11(12)3)20-16(21)13-8-19-14(9-18-13)17(22)23/h4-10,15H,1-3H3,(H,20,21)(H,22,23). The topological polar surface area (TPSA) is 92.2 Å². The molecule has 6 heteroatoms. The Morgan fingerprint density at radius 3 is 2.22 bits per heavy atom. The maximum absolute atomic E-state index is 12.4. The molecule has 2 rings (SSSR count). The summed E-state index contributed by atoms with van der Waals surface area (Å²) in [6.07, 6.45) is 2.25. The van der Waals surface area contributed by atoms with Crippen molar-refractivity contribution in [1.82, 2.24) is 15.3 Å². The molecule has 1 amide bonds. The van der Waals surface area contributed by atoms with Crippen LogP contribution in [0.3, 0.4) is 0 Å². The molecular formula is C17H19N3O3. The Morgan fingerprint density at radius 2 is 1.70 bits per heavy atom. The number of hydrogen-bond donors (Lipinski definition) is 2. The second-order valence-corrected chi connectivity index (χ2v) is 5.64. The zero-order chi connectivity index (χ0) is 17.0. The molecule has 6 nitrogen and oxygen atoms in total. The van der Waals surface area contributed by atoms with Gasteiger partial charge >= 0.3 is 5.97 Å². The first kappa shape index (κ1) is 16.6. The Bertz CT molecular complexity index is 711. The summed E-state index contributed by atoms with van der Waals surface area (Å²) in [4.78, 5) is 30.7. The third kappa shape index (κ3) is 3.91. The Morgan fingerprint density at radius 1 is 1.09 bits per heavy atom. The number of rotatable bonds is 5. The first-order valence-electron chi connectivity index (χ1n) is 7.32. The van der Waals surface area contributed by atoms with Crippen molar-refractivity contribution in [2.24, 2.45) is 5.92 Å². The lowest BCUT2D eigenvalue weighted by molar-refractivity contribution is 0.0688. The number of carbonyl (C=O) groups is 2. The molecule has 0 saturated carbocycles. The summed E-state index contributed by atoms with van der Waals surface area (Å²) in [6, 6.07) is 7.71. The number of nitrogens with one attached hydrogen (secondary N) is 1. The Kier molecular flexibility index (Phi) is 5.05. The maximum atomic E-state index is 12.4. The van der Waals surface area contributed by atoms with Crippen LogP contribution >= 0.6 is 0 Å². The summed E-state index contributed by atoms with van der Waals surface area (Å²) in [5.41, 5.74) is 2.04. The van der Waals surface area contributed by atoms with Crippen molar-refractivity contribution in [3.8, 4) is 0 Å². The fourth-order valence-corrected chi connectivity index (χ4v) is 2.31. The number of carboxylic acids is 1. The molecular weight excluding hydrogens is 294 g/mol. The fraction of sp³-hybridized carbons (Fsp3) is 0.294. The highest BCUT2D eigenvalue weighted by Gasteiger charge is 2.21. The molecule has 23 heavy (non-hydrogen) atoms. The Balaban J connectivity index is 2.22. The van der Waals surface area contributed by atoms with Crippen molar-refractivity contribution in [3.05, 3.63) is 59.2 Å². The van der Waals surface area contributed by atoms with Gasteiger partial charge in [-0.2, -0.15) is 0 Å². The van der Waals surface area contributed by atoms with Crippen molar-refractivity contribution in [2.75, 3.05) is 0 Å². The predicted molar refractivity (Wildman–Crippen MR) is 85.2 cm³/mol. The van der Waals surface area contributed by atoms with Crippen LogP contribution in [-0.4, -0.2) is 27.0 Å². The normalized spacial score (nSPS) is 12.0. The average molecular weight is 313 g/mol. The van der Waals surface area contributed by atoms with Crippen LogP contribution in [0.15, 0.2) is 36.7 Å². The highest BCUT2D eigenvalue weighted by Crippen LogP contribution is 2.24. The van der Waals surface area contributed by atoms with Gasteiger partial charge in [-0.15, -0.1) is 0 Å². The van der Waals surface area contributed by atoms with Crippen molar-refractivity contribution in [2.45, 2.75) is 26.8 Å². The van der Waals surface area contributed by atoms with Gasteiger partial charge in [0.1, 0.15) is 5.69 Å². The molecule has 0 saturated heterocycles. The van der Waals surface area contributed by atoms with Crippen LogP contribution in [0.25, 0.3) is 0 Å². The summed E-state index contributed by atoms with van der Waals surface area (Å²) in [7, 11) is 0. The maximum Gasteiger partial charge on any atom is 0.356 e. The molecule has 1 unspecified atom stereocenters. The summed E-state index contributed by atoms with van der Waals surface area (Å²) < 4.78 is 0. The number of hydrogen-bond acceptors (Lipinski definition) is 4. The van der Waals surface area contributed by atoms with Crippen molar-refractivity contribution < 1.29 is 14.7 Å². The van der Waals surface area contributed by atoms with Crippen LogP contribution in [0.2, 0.25) is 0 Å². The summed E-state index contributed by atoms with van der Waals surface area (Å²) in [5.74, 6) is -1.37.